The van der Waals surface area contributed by atoms with Crippen molar-refractivity contribution in [1.82, 2.24) is 5.32 Å². The van der Waals surface area contributed by atoms with E-state index in [0.717, 1.165) is 32.1 Å². The Labute approximate surface area is 288 Å². The number of aliphatic hydroxyl groups is 1. The maximum atomic E-state index is 13.2. The number of rotatable bonds is 27. The predicted octanol–water partition coefficient (Wildman–Crippen LogP) is 8.90. The molecule has 0 aromatic rings. The number of hydrogen-bond acceptors (Lipinski definition) is 7. The SMILES string of the molecule is CCCCCCCCCCCCO[C@H](CCCCCCCCCCC)CCO[C@@H]1[C@@H](NC(=O)C(F)(F)F)[C@@H](O)O[C@@H]2COC(C)(C)O[C@@H]12. The normalized spacial score (nSPS) is 24.7. The highest BCUT2D eigenvalue weighted by atomic mass is 19.4. The lowest BCUT2D eigenvalue weighted by molar-refractivity contribution is -0.368. The smallest absolute Gasteiger partial charge is 0.378 e. The summed E-state index contributed by atoms with van der Waals surface area (Å²) in [6, 6.07) is -1.47. The van der Waals surface area contributed by atoms with Crippen LogP contribution in [0.25, 0.3) is 0 Å². The van der Waals surface area contributed by atoms with Gasteiger partial charge >= 0.3 is 12.1 Å². The fourth-order valence-electron chi connectivity index (χ4n) is 6.59. The van der Waals surface area contributed by atoms with Gasteiger partial charge < -0.3 is 34.1 Å². The lowest BCUT2D eigenvalue weighted by Gasteiger charge is -2.50. The summed E-state index contributed by atoms with van der Waals surface area (Å²) in [5.41, 5.74) is 0. The molecule has 11 heteroatoms. The molecule has 0 aromatic heterocycles. The second kappa shape index (κ2) is 24.2. The quantitative estimate of drug-likeness (QED) is 0.0829. The van der Waals surface area contributed by atoms with Crippen molar-refractivity contribution >= 4 is 5.91 Å². The summed E-state index contributed by atoms with van der Waals surface area (Å²) in [5, 5.41) is 12.5. The van der Waals surface area contributed by atoms with Gasteiger partial charge in [-0.05, 0) is 33.1 Å². The van der Waals surface area contributed by atoms with Gasteiger partial charge in [0.1, 0.15) is 24.4 Å². The van der Waals surface area contributed by atoms with Crippen molar-refractivity contribution in [2.75, 3.05) is 19.8 Å². The second-order valence-electron chi connectivity index (χ2n) is 14.3. The van der Waals surface area contributed by atoms with E-state index in [1.54, 1.807) is 13.8 Å². The van der Waals surface area contributed by atoms with Gasteiger partial charge in [-0.1, -0.05) is 129 Å². The molecule has 284 valence electrons. The molecule has 48 heavy (non-hydrogen) atoms. The van der Waals surface area contributed by atoms with Gasteiger partial charge in [0, 0.05) is 13.2 Å². The highest BCUT2D eigenvalue weighted by Gasteiger charge is 2.53. The monoisotopic (exact) mass is 695 g/mol. The van der Waals surface area contributed by atoms with E-state index in [9.17, 15) is 23.1 Å². The molecule has 0 spiro atoms. The summed E-state index contributed by atoms with van der Waals surface area (Å²) in [4.78, 5) is 11.9. The van der Waals surface area contributed by atoms with Crippen LogP contribution in [0.3, 0.4) is 0 Å². The van der Waals surface area contributed by atoms with Gasteiger partial charge in [0.05, 0.1) is 12.7 Å². The van der Waals surface area contributed by atoms with Crippen LogP contribution >= 0.6 is 0 Å². The molecule has 0 unspecified atom stereocenters. The van der Waals surface area contributed by atoms with E-state index in [-0.39, 0.29) is 19.3 Å². The van der Waals surface area contributed by atoms with Crippen LogP contribution in [-0.2, 0) is 28.5 Å². The molecule has 2 N–H and O–H groups in total. The maximum absolute atomic E-state index is 13.2. The highest BCUT2D eigenvalue weighted by molar-refractivity contribution is 5.82. The summed E-state index contributed by atoms with van der Waals surface area (Å²) >= 11 is 0. The van der Waals surface area contributed by atoms with Gasteiger partial charge in [-0.25, -0.2) is 0 Å². The first-order valence-electron chi connectivity index (χ1n) is 19.2. The van der Waals surface area contributed by atoms with Gasteiger partial charge in [0.2, 0.25) is 0 Å². The molecule has 2 aliphatic heterocycles. The van der Waals surface area contributed by atoms with Gasteiger partial charge in [-0.15, -0.1) is 0 Å². The number of ether oxygens (including phenoxy) is 5. The predicted molar refractivity (Wildman–Crippen MR) is 182 cm³/mol. The number of aliphatic hydroxyl groups excluding tert-OH is 1. The minimum Gasteiger partial charge on any atom is -0.378 e. The Kier molecular flexibility index (Phi) is 21.8. The van der Waals surface area contributed by atoms with Crippen molar-refractivity contribution in [2.24, 2.45) is 0 Å². The van der Waals surface area contributed by atoms with Crippen molar-refractivity contribution in [1.29, 1.82) is 0 Å². The van der Waals surface area contributed by atoms with Crippen molar-refractivity contribution in [3.63, 3.8) is 0 Å². The molecule has 0 radical (unpaired) electrons. The average Bonchev–Trinajstić information content (AvgIpc) is 3.03. The van der Waals surface area contributed by atoms with Crippen LogP contribution in [-0.4, -0.2) is 79.5 Å². The van der Waals surface area contributed by atoms with E-state index in [2.05, 4.69) is 13.8 Å². The molecule has 0 saturated carbocycles. The summed E-state index contributed by atoms with van der Waals surface area (Å²) in [5.74, 6) is -3.21. The van der Waals surface area contributed by atoms with Gasteiger partial charge in [-0.3, -0.25) is 4.79 Å². The fraction of sp³-hybridized carbons (Fsp3) is 0.973. The molecule has 1 amide bonds. The number of amides is 1. The maximum Gasteiger partial charge on any atom is 0.471 e. The average molecular weight is 696 g/mol. The van der Waals surface area contributed by atoms with E-state index < -0.39 is 48.5 Å². The second-order valence-corrected chi connectivity index (χ2v) is 14.3. The fourth-order valence-corrected chi connectivity index (χ4v) is 6.59. The van der Waals surface area contributed by atoms with Crippen LogP contribution in [0.4, 0.5) is 13.2 Å². The van der Waals surface area contributed by atoms with E-state index in [4.69, 9.17) is 23.7 Å². The van der Waals surface area contributed by atoms with Crippen molar-refractivity contribution in [2.45, 2.75) is 211 Å². The number of halogens is 3. The topological polar surface area (TPSA) is 95.5 Å². The Morgan fingerprint density at radius 2 is 1.33 bits per heavy atom. The Balaban J connectivity index is 1.91. The first kappa shape index (κ1) is 43.2. The summed E-state index contributed by atoms with van der Waals surface area (Å²) in [6.45, 7) is 8.75. The van der Waals surface area contributed by atoms with Crippen LogP contribution in [0.2, 0.25) is 0 Å². The number of carbonyl (C=O) groups is 1. The zero-order valence-corrected chi connectivity index (χ0v) is 30.5. The number of unbranched alkanes of at least 4 members (excludes halogenated alkanes) is 17. The molecule has 2 aliphatic rings. The van der Waals surface area contributed by atoms with E-state index in [0.29, 0.717) is 13.0 Å². The van der Waals surface area contributed by atoms with Gasteiger partial charge in [-0.2, -0.15) is 13.2 Å². The molecular weight excluding hydrogens is 627 g/mol. The molecule has 0 bridgehead atoms. The third kappa shape index (κ3) is 17.8. The lowest BCUT2D eigenvalue weighted by atomic mass is 9.95. The molecule has 6 atom stereocenters. The molecule has 2 heterocycles. The molecule has 2 rings (SSSR count). The number of nitrogens with one attached hydrogen (secondary N) is 1. The summed E-state index contributed by atoms with van der Waals surface area (Å²) in [7, 11) is 0. The number of alkyl halides is 3. The van der Waals surface area contributed by atoms with Gasteiger partial charge in [0.25, 0.3) is 0 Å². The van der Waals surface area contributed by atoms with Crippen molar-refractivity contribution in [3.05, 3.63) is 0 Å². The van der Waals surface area contributed by atoms with Gasteiger partial charge in [0.15, 0.2) is 12.1 Å². The third-order valence-corrected chi connectivity index (χ3v) is 9.47. The van der Waals surface area contributed by atoms with E-state index in [1.807, 2.05) is 5.32 Å². The van der Waals surface area contributed by atoms with E-state index >= 15 is 0 Å². The zero-order valence-electron chi connectivity index (χ0n) is 30.5. The van der Waals surface area contributed by atoms with Crippen LogP contribution in [0.5, 0.6) is 0 Å². The number of hydrogen-bond donors (Lipinski definition) is 2. The minimum atomic E-state index is -5.13. The number of fused-ring (bicyclic) bond motifs is 1. The Hall–Kier alpha value is -0.980. The molecule has 0 aliphatic carbocycles. The van der Waals surface area contributed by atoms with Crippen LogP contribution in [0, 0.1) is 0 Å². The van der Waals surface area contributed by atoms with E-state index in [1.165, 1.54) is 96.3 Å². The molecule has 2 fully saturated rings. The number of carbonyl (C=O) groups excluding carboxylic acids is 1. The largest absolute Gasteiger partial charge is 0.471 e. The first-order chi connectivity index (χ1) is 23.0. The van der Waals surface area contributed by atoms with Crippen molar-refractivity contribution in [3.8, 4) is 0 Å². The molecular formula is C37H68F3NO7. The zero-order chi connectivity index (χ0) is 35.3. The molecule has 0 aromatic carbocycles. The summed E-state index contributed by atoms with van der Waals surface area (Å²) in [6.07, 6.45) is 15.4. The Bertz CT molecular complexity index is 831. The first-order valence-corrected chi connectivity index (χ1v) is 19.2. The Morgan fingerprint density at radius 3 is 1.88 bits per heavy atom. The standard InChI is InChI=1S/C37H68F3NO7/c1-5-7-9-11-13-15-17-19-21-23-26-44-29(24-22-20-18-16-14-12-10-8-6-2)25-27-45-33-31(41-35(43)37(38,39)40)34(42)47-30-28-46-36(3,4)48-32(30)33/h29-34,42H,5-28H2,1-4H3,(H,41,43)/t29-,30-,31-,32-,33-,34+/m1/s1. The lowest BCUT2D eigenvalue weighted by Crippen LogP contribution is -2.69. The third-order valence-electron chi connectivity index (χ3n) is 9.47. The molecule has 2 saturated heterocycles. The van der Waals surface area contributed by atoms with Crippen LogP contribution < -0.4 is 5.32 Å². The van der Waals surface area contributed by atoms with Crippen molar-refractivity contribution < 1.29 is 46.8 Å². The highest BCUT2D eigenvalue weighted by Crippen LogP contribution is 2.34. The molecule has 8 nitrogen and oxygen atoms in total. The van der Waals surface area contributed by atoms with Crippen LogP contribution in [0.15, 0.2) is 0 Å². The summed E-state index contributed by atoms with van der Waals surface area (Å²) < 4.78 is 69.3. The van der Waals surface area contributed by atoms with Crippen LogP contribution in [0.1, 0.15) is 163 Å². The Morgan fingerprint density at radius 1 is 0.812 bits per heavy atom. The minimum absolute atomic E-state index is 0.0519.